The molecule has 1 aliphatic rings. The standard InChI is InChI=1S/C13H11FN2O2/c14-11-5-4-9(7-15)6-10(11)8-16-12(17)2-1-3-13(16)18/h4-6H,1-3,8H2. The predicted octanol–water partition coefficient (Wildman–Crippen LogP) is 1.74. The van der Waals surface area contributed by atoms with Gasteiger partial charge in [-0.3, -0.25) is 14.5 Å². The molecule has 4 nitrogen and oxygen atoms in total. The van der Waals surface area contributed by atoms with Crippen LogP contribution in [0, 0.1) is 17.1 Å². The number of carbonyl (C=O) groups is 2. The predicted molar refractivity (Wildman–Crippen MR) is 60.5 cm³/mol. The summed E-state index contributed by atoms with van der Waals surface area (Å²) in [5, 5.41) is 8.74. The summed E-state index contributed by atoms with van der Waals surface area (Å²) in [6, 6.07) is 5.80. The molecule has 0 saturated carbocycles. The molecule has 1 heterocycles. The summed E-state index contributed by atoms with van der Waals surface area (Å²) >= 11 is 0. The Morgan fingerprint density at radius 2 is 1.94 bits per heavy atom. The summed E-state index contributed by atoms with van der Waals surface area (Å²) in [6.07, 6.45) is 1.17. The zero-order valence-electron chi connectivity index (χ0n) is 9.65. The highest BCUT2D eigenvalue weighted by Gasteiger charge is 2.26. The first-order valence-electron chi connectivity index (χ1n) is 5.63. The van der Waals surface area contributed by atoms with Gasteiger partial charge in [-0.15, -0.1) is 0 Å². The Labute approximate surface area is 104 Å². The van der Waals surface area contributed by atoms with Crippen molar-refractivity contribution in [3.05, 3.63) is 35.1 Å². The van der Waals surface area contributed by atoms with E-state index in [1.165, 1.54) is 18.2 Å². The zero-order valence-corrected chi connectivity index (χ0v) is 9.65. The molecule has 1 aliphatic heterocycles. The van der Waals surface area contributed by atoms with Crippen molar-refractivity contribution in [2.24, 2.45) is 0 Å². The highest BCUT2D eigenvalue weighted by molar-refractivity contribution is 5.97. The van der Waals surface area contributed by atoms with Crippen LogP contribution in [0.3, 0.4) is 0 Å². The molecular weight excluding hydrogens is 235 g/mol. The minimum Gasteiger partial charge on any atom is -0.278 e. The van der Waals surface area contributed by atoms with E-state index in [-0.39, 0.29) is 23.9 Å². The van der Waals surface area contributed by atoms with E-state index >= 15 is 0 Å². The van der Waals surface area contributed by atoms with Gasteiger partial charge in [-0.25, -0.2) is 4.39 Å². The van der Waals surface area contributed by atoms with Crippen LogP contribution in [-0.2, 0) is 16.1 Å². The lowest BCUT2D eigenvalue weighted by Crippen LogP contribution is -2.39. The number of amides is 2. The van der Waals surface area contributed by atoms with Gasteiger partial charge in [0.25, 0.3) is 0 Å². The number of nitriles is 1. The Balaban J connectivity index is 2.25. The number of hydrogen-bond acceptors (Lipinski definition) is 3. The van der Waals surface area contributed by atoms with Gasteiger partial charge in [0, 0.05) is 18.4 Å². The number of likely N-dealkylation sites (tertiary alicyclic amines) is 1. The second kappa shape index (κ2) is 4.96. The van der Waals surface area contributed by atoms with Crippen molar-refractivity contribution >= 4 is 11.8 Å². The molecule has 0 bridgehead atoms. The van der Waals surface area contributed by atoms with Crippen molar-refractivity contribution in [2.75, 3.05) is 0 Å². The fourth-order valence-corrected chi connectivity index (χ4v) is 1.91. The maximum Gasteiger partial charge on any atom is 0.229 e. The van der Waals surface area contributed by atoms with Crippen molar-refractivity contribution in [2.45, 2.75) is 25.8 Å². The van der Waals surface area contributed by atoms with Crippen LogP contribution < -0.4 is 0 Å². The van der Waals surface area contributed by atoms with Crippen molar-refractivity contribution in [1.29, 1.82) is 5.26 Å². The van der Waals surface area contributed by atoms with Crippen LogP contribution in [0.5, 0.6) is 0 Å². The number of benzene rings is 1. The molecule has 0 N–H and O–H groups in total. The number of hydrogen-bond donors (Lipinski definition) is 0. The molecule has 0 unspecified atom stereocenters. The van der Waals surface area contributed by atoms with Gasteiger partial charge in [0.1, 0.15) is 5.82 Å². The molecule has 0 aliphatic carbocycles. The Hall–Kier alpha value is -2.22. The van der Waals surface area contributed by atoms with Crippen LogP contribution in [0.1, 0.15) is 30.4 Å². The number of imide groups is 1. The highest BCUT2D eigenvalue weighted by atomic mass is 19.1. The third-order valence-electron chi connectivity index (χ3n) is 2.89. The summed E-state index contributed by atoms with van der Waals surface area (Å²) in [6.45, 7) is -0.0982. The van der Waals surface area contributed by atoms with Crippen molar-refractivity contribution in [3.63, 3.8) is 0 Å². The Kier molecular flexibility index (Phi) is 3.38. The number of nitrogens with zero attached hydrogens (tertiary/aromatic N) is 2. The third kappa shape index (κ3) is 2.38. The maximum absolute atomic E-state index is 13.6. The third-order valence-corrected chi connectivity index (χ3v) is 2.89. The van der Waals surface area contributed by atoms with Crippen LogP contribution in [0.2, 0.25) is 0 Å². The Morgan fingerprint density at radius 1 is 1.28 bits per heavy atom. The lowest BCUT2D eigenvalue weighted by Gasteiger charge is -2.25. The van der Waals surface area contributed by atoms with Crippen molar-refractivity contribution in [1.82, 2.24) is 4.90 Å². The van der Waals surface area contributed by atoms with E-state index in [1.807, 2.05) is 6.07 Å². The summed E-state index contributed by atoms with van der Waals surface area (Å²) < 4.78 is 13.6. The van der Waals surface area contributed by atoms with Gasteiger partial charge < -0.3 is 0 Å². The van der Waals surface area contributed by atoms with Gasteiger partial charge in [-0.1, -0.05) is 0 Å². The van der Waals surface area contributed by atoms with E-state index in [4.69, 9.17) is 5.26 Å². The van der Waals surface area contributed by atoms with Gasteiger partial charge in [0.2, 0.25) is 11.8 Å². The molecule has 0 spiro atoms. The number of halogens is 1. The monoisotopic (exact) mass is 246 g/mol. The van der Waals surface area contributed by atoms with Crippen molar-refractivity contribution in [3.8, 4) is 6.07 Å². The number of piperidine rings is 1. The minimum absolute atomic E-state index is 0.0982. The summed E-state index contributed by atoms with van der Waals surface area (Å²) in [7, 11) is 0. The van der Waals surface area contributed by atoms with E-state index < -0.39 is 5.82 Å². The number of carbonyl (C=O) groups excluding carboxylic acids is 2. The quantitative estimate of drug-likeness (QED) is 0.747. The van der Waals surface area contributed by atoms with E-state index in [9.17, 15) is 14.0 Å². The summed E-state index contributed by atoms with van der Waals surface area (Å²) in [5.41, 5.74) is 0.501. The van der Waals surface area contributed by atoms with Crippen LogP contribution in [0.15, 0.2) is 18.2 Å². The van der Waals surface area contributed by atoms with Crippen molar-refractivity contribution < 1.29 is 14.0 Å². The van der Waals surface area contributed by atoms with E-state index in [2.05, 4.69) is 0 Å². The van der Waals surface area contributed by atoms with Gasteiger partial charge >= 0.3 is 0 Å². The normalized spacial score (nSPS) is 15.7. The molecule has 0 aromatic heterocycles. The first-order valence-corrected chi connectivity index (χ1v) is 5.63. The smallest absolute Gasteiger partial charge is 0.229 e. The molecule has 1 saturated heterocycles. The molecule has 2 amide bonds. The summed E-state index contributed by atoms with van der Waals surface area (Å²) in [4.78, 5) is 24.2. The molecule has 0 radical (unpaired) electrons. The van der Waals surface area contributed by atoms with Crippen LogP contribution in [-0.4, -0.2) is 16.7 Å². The molecule has 5 heteroatoms. The minimum atomic E-state index is -0.514. The molecule has 1 aromatic carbocycles. The van der Waals surface area contributed by atoms with Gasteiger partial charge in [0.15, 0.2) is 0 Å². The van der Waals surface area contributed by atoms with Gasteiger partial charge in [-0.2, -0.15) is 5.26 Å². The SMILES string of the molecule is N#Cc1ccc(F)c(CN2C(=O)CCCC2=O)c1. The molecule has 1 aromatic rings. The molecule has 18 heavy (non-hydrogen) atoms. The van der Waals surface area contributed by atoms with E-state index in [0.717, 1.165) is 4.90 Å². The first kappa shape index (κ1) is 12.2. The topological polar surface area (TPSA) is 61.2 Å². The number of rotatable bonds is 2. The lowest BCUT2D eigenvalue weighted by molar-refractivity contribution is -0.148. The molecular formula is C13H11FN2O2. The maximum atomic E-state index is 13.6. The zero-order chi connectivity index (χ0) is 13.1. The Morgan fingerprint density at radius 3 is 2.56 bits per heavy atom. The fourth-order valence-electron chi connectivity index (χ4n) is 1.91. The average molecular weight is 246 g/mol. The van der Waals surface area contributed by atoms with E-state index in [0.29, 0.717) is 24.8 Å². The fraction of sp³-hybridized carbons (Fsp3) is 0.308. The van der Waals surface area contributed by atoms with Gasteiger partial charge in [-0.05, 0) is 24.6 Å². The molecule has 92 valence electrons. The molecule has 0 atom stereocenters. The van der Waals surface area contributed by atoms with Crippen LogP contribution in [0.4, 0.5) is 4.39 Å². The second-order valence-electron chi connectivity index (χ2n) is 4.15. The lowest BCUT2D eigenvalue weighted by atomic mass is 10.1. The summed E-state index contributed by atoms with van der Waals surface area (Å²) in [5.74, 6) is -1.08. The highest BCUT2D eigenvalue weighted by Crippen LogP contribution is 2.18. The van der Waals surface area contributed by atoms with Crippen LogP contribution >= 0.6 is 0 Å². The first-order chi connectivity index (χ1) is 8.61. The largest absolute Gasteiger partial charge is 0.278 e. The molecule has 1 fully saturated rings. The average Bonchev–Trinajstić information content (AvgIpc) is 2.36. The Bertz CT molecular complexity index is 532. The van der Waals surface area contributed by atoms with E-state index in [1.54, 1.807) is 0 Å². The van der Waals surface area contributed by atoms with Gasteiger partial charge in [0.05, 0.1) is 18.2 Å². The van der Waals surface area contributed by atoms with Crippen LogP contribution in [0.25, 0.3) is 0 Å². The molecule has 2 rings (SSSR count). The second-order valence-corrected chi connectivity index (χ2v) is 4.15.